The second-order valence-corrected chi connectivity index (χ2v) is 8.09. The summed E-state index contributed by atoms with van der Waals surface area (Å²) in [5.41, 5.74) is 0.329. The van der Waals surface area contributed by atoms with Crippen LogP contribution < -0.4 is 5.63 Å². The van der Waals surface area contributed by atoms with E-state index < -0.39 is 17.6 Å². The molecule has 2 rings (SSSR count). The molecule has 0 aliphatic carbocycles. The number of aromatic hydroxyl groups is 2. The van der Waals surface area contributed by atoms with Crippen LogP contribution in [0, 0.1) is 5.92 Å². The number of carbonyl (C=O) groups excluding carboxylic acids is 1. The van der Waals surface area contributed by atoms with E-state index in [1.54, 1.807) is 6.92 Å². The highest BCUT2D eigenvalue weighted by Gasteiger charge is 2.30. The fourth-order valence-electron chi connectivity index (χ4n) is 3.43. The zero-order valence-corrected chi connectivity index (χ0v) is 18.4. The molecule has 0 spiro atoms. The molecule has 0 amide bonds. The maximum absolute atomic E-state index is 13.1. The molecule has 6 heteroatoms. The smallest absolute Gasteiger partial charge is 0.336 e. The number of unbranched alkanes of at least 4 members (excludes halogenated alkanes) is 1. The lowest BCUT2D eigenvalue weighted by Crippen LogP contribution is -2.14. The molecule has 1 heterocycles. The number of benzene rings is 1. The van der Waals surface area contributed by atoms with Crippen LogP contribution >= 0.6 is 0 Å². The van der Waals surface area contributed by atoms with Gasteiger partial charge < -0.3 is 19.7 Å². The number of hydrogen-bond acceptors (Lipinski definition) is 6. The third-order valence-electron chi connectivity index (χ3n) is 5.48. The van der Waals surface area contributed by atoms with Crippen molar-refractivity contribution in [2.45, 2.75) is 72.8 Å². The van der Waals surface area contributed by atoms with E-state index in [0.29, 0.717) is 12.8 Å². The monoisotopic (exact) mass is 416 g/mol. The van der Waals surface area contributed by atoms with Crippen LogP contribution in [0.3, 0.4) is 0 Å². The number of aliphatic hydroxyl groups excluding tert-OH is 1. The molecular formula is C24H32O6. The van der Waals surface area contributed by atoms with E-state index in [1.807, 2.05) is 33.8 Å². The van der Waals surface area contributed by atoms with Gasteiger partial charge in [0.2, 0.25) is 0 Å². The third kappa shape index (κ3) is 4.75. The molecule has 6 nitrogen and oxygen atoms in total. The average molecular weight is 417 g/mol. The van der Waals surface area contributed by atoms with Gasteiger partial charge in [0.25, 0.3) is 0 Å². The first-order valence-corrected chi connectivity index (χ1v) is 10.5. The first-order chi connectivity index (χ1) is 14.1. The summed E-state index contributed by atoms with van der Waals surface area (Å²) < 4.78 is 5.32. The van der Waals surface area contributed by atoms with E-state index >= 15 is 0 Å². The van der Waals surface area contributed by atoms with Gasteiger partial charge in [-0.1, -0.05) is 45.3 Å². The Balaban J connectivity index is 2.95. The number of ketones is 1. The highest BCUT2D eigenvalue weighted by molar-refractivity contribution is 6.12. The Morgan fingerprint density at radius 3 is 2.43 bits per heavy atom. The Morgan fingerprint density at radius 2 is 1.87 bits per heavy atom. The molecule has 30 heavy (non-hydrogen) atoms. The normalized spacial score (nSPS) is 13.3. The predicted molar refractivity (Wildman–Crippen MR) is 117 cm³/mol. The lowest BCUT2D eigenvalue weighted by atomic mass is 9.89. The number of phenolic OH excluding ortho intramolecular Hbond substituents is 2. The van der Waals surface area contributed by atoms with Gasteiger partial charge in [-0.3, -0.25) is 4.79 Å². The minimum absolute atomic E-state index is 0.111. The van der Waals surface area contributed by atoms with Gasteiger partial charge in [-0.25, -0.2) is 4.79 Å². The number of phenols is 2. The molecule has 0 bridgehead atoms. The van der Waals surface area contributed by atoms with E-state index in [1.165, 1.54) is 0 Å². The molecule has 1 aromatic heterocycles. The zero-order valence-electron chi connectivity index (χ0n) is 18.4. The summed E-state index contributed by atoms with van der Waals surface area (Å²) in [5, 5.41) is 32.8. The number of hydrogen-bond donors (Lipinski definition) is 3. The number of aliphatic hydroxyl groups is 1. The Bertz CT molecular complexity index is 1010. The average Bonchev–Trinajstić information content (AvgIpc) is 2.70. The molecule has 0 saturated carbocycles. The van der Waals surface area contributed by atoms with Crippen LogP contribution in [-0.2, 0) is 6.42 Å². The van der Waals surface area contributed by atoms with Crippen molar-refractivity contribution < 1.29 is 24.5 Å². The molecule has 3 N–H and O–H groups in total. The number of fused-ring (bicyclic) bond motifs is 1. The van der Waals surface area contributed by atoms with Gasteiger partial charge in [0.1, 0.15) is 17.1 Å². The van der Waals surface area contributed by atoms with Crippen LogP contribution in [0.15, 0.2) is 26.9 Å². The van der Waals surface area contributed by atoms with Crippen molar-refractivity contribution in [1.82, 2.24) is 0 Å². The van der Waals surface area contributed by atoms with E-state index in [-0.39, 0.29) is 51.4 Å². The van der Waals surface area contributed by atoms with Crippen molar-refractivity contribution in [2.24, 2.45) is 5.92 Å². The van der Waals surface area contributed by atoms with Crippen LogP contribution in [0.5, 0.6) is 11.5 Å². The molecular weight excluding hydrogens is 384 g/mol. The van der Waals surface area contributed by atoms with Crippen LogP contribution in [0.4, 0.5) is 0 Å². The van der Waals surface area contributed by atoms with Crippen LogP contribution in [0.1, 0.15) is 87.9 Å². The van der Waals surface area contributed by atoms with Gasteiger partial charge in [0.05, 0.1) is 11.5 Å². The fourth-order valence-corrected chi connectivity index (χ4v) is 3.43. The van der Waals surface area contributed by atoms with Crippen LogP contribution in [0.2, 0.25) is 0 Å². The van der Waals surface area contributed by atoms with Crippen LogP contribution in [0.25, 0.3) is 11.0 Å². The first-order valence-electron chi connectivity index (χ1n) is 10.5. The molecule has 0 saturated heterocycles. The summed E-state index contributed by atoms with van der Waals surface area (Å²) in [4.78, 5) is 25.4. The molecule has 0 radical (unpaired) electrons. The Kier molecular flexibility index (Phi) is 7.84. The predicted octanol–water partition coefficient (Wildman–Crippen LogP) is 5.17. The van der Waals surface area contributed by atoms with Gasteiger partial charge >= 0.3 is 5.63 Å². The number of rotatable bonds is 9. The van der Waals surface area contributed by atoms with Crippen molar-refractivity contribution in [2.75, 3.05) is 0 Å². The van der Waals surface area contributed by atoms with E-state index in [4.69, 9.17) is 4.42 Å². The standard InChI is InChI=1S/C24H32O6/c1-6-8-9-17(25)16-12-18(26)30-24-19(16)22(28)15(11-10-13(3)4)23(29)20(24)21(27)14(5)7-2/h10,12,14,17,25,28-29H,6-9,11H2,1-5H3. The molecule has 0 fully saturated rings. The van der Waals surface area contributed by atoms with Gasteiger partial charge in [-0.2, -0.15) is 0 Å². The van der Waals surface area contributed by atoms with E-state index in [9.17, 15) is 24.9 Å². The zero-order chi connectivity index (χ0) is 22.6. The first kappa shape index (κ1) is 23.7. The minimum atomic E-state index is -1.00. The largest absolute Gasteiger partial charge is 0.507 e. The van der Waals surface area contributed by atoms with Crippen molar-refractivity contribution in [3.05, 3.63) is 44.8 Å². The quantitative estimate of drug-likeness (QED) is 0.296. The van der Waals surface area contributed by atoms with Crippen molar-refractivity contribution in [3.8, 4) is 11.5 Å². The van der Waals surface area contributed by atoms with Gasteiger partial charge in [0.15, 0.2) is 11.4 Å². The summed E-state index contributed by atoms with van der Waals surface area (Å²) in [5.74, 6) is -1.46. The second kappa shape index (κ2) is 9.94. The minimum Gasteiger partial charge on any atom is -0.507 e. The SMILES string of the molecule is CCCCC(O)c1cc(=O)oc2c(C(=O)C(C)CC)c(O)c(CC=C(C)C)c(O)c12. The van der Waals surface area contributed by atoms with E-state index in [2.05, 4.69) is 0 Å². The van der Waals surface area contributed by atoms with Crippen LogP contribution in [-0.4, -0.2) is 21.1 Å². The summed E-state index contributed by atoms with van der Waals surface area (Å²) in [6.45, 7) is 9.34. The Labute approximate surface area is 176 Å². The third-order valence-corrected chi connectivity index (χ3v) is 5.48. The maximum atomic E-state index is 13.1. The van der Waals surface area contributed by atoms with Crippen molar-refractivity contribution in [3.63, 3.8) is 0 Å². The molecule has 0 aliphatic rings. The number of carbonyl (C=O) groups is 1. The molecule has 2 aromatic rings. The van der Waals surface area contributed by atoms with Gasteiger partial charge in [0, 0.05) is 23.1 Å². The highest BCUT2D eigenvalue weighted by Crippen LogP contribution is 2.44. The molecule has 164 valence electrons. The van der Waals surface area contributed by atoms with Gasteiger partial charge in [-0.15, -0.1) is 0 Å². The number of allylic oxidation sites excluding steroid dienone is 2. The Hall–Kier alpha value is -2.60. The second-order valence-electron chi connectivity index (χ2n) is 8.09. The molecule has 1 aromatic carbocycles. The fraction of sp³-hybridized carbons (Fsp3) is 0.500. The highest BCUT2D eigenvalue weighted by atomic mass is 16.4. The molecule has 2 atom stereocenters. The topological polar surface area (TPSA) is 108 Å². The summed E-state index contributed by atoms with van der Waals surface area (Å²) in [6.07, 6.45) is 3.53. The van der Waals surface area contributed by atoms with Crippen molar-refractivity contribution >= 4 is 16.8 Å². The summed E-state index contributed by atoms with van der Waals surface area (Å²) in [6, 6.07) is 1.15. The maximum Gasteiger partial charge on any atom is 0.336 e. The lowest BCUT2D eigenvalue weighted by Gasteiger charge is -2.19. The van der Waals surface area contributed by atoms with E-state index in [0.717, 1.165) is 24.5 Å². The summed E-state index contributed by atoms with van der Waals surface area (Å²) in [7, 11) is 0. The van der Waals surface area contributed by atoms with Gasteiger partial charge in [-0.05, 0) is 33.1 Å². The van der Waals surface area contributed by atoms with Crippen molar-refractivity contribution in [1.29, 1.82) is 0 Å². The molecule has 2 unspecified atom stereocenters. The number of Topliss-reactive ketones (excluding diaryl/α,β-unsaturated/α-hetero) is 1. The summed E-state index contributed by atoms with van der Waals surface area (Å²) >= 11 is 0. The Morgan fingerprint density at radius 1 is 1.20 bits per heavy atom. The lowest BCUT2D eigenvalue weighted by molar-refractivity contribution is 0.0924. The molecule has 0 aliphatic heterocycles.